The largest absolute Gasteiger partial charge is 0.399 e. The minimum atomic E-state index is -0.437. The fourth-order valence-electron chi connectivity index (χ4n) is 2.59. The molecule has 1 fully saturated rings. The van der Waals surface area contributed by atoms with Gasteiger partial charge in [-0.3, -0.25) is 4.79 Å². The number of benzene rings is 1. The van der Waals surface area contributed by atoms with Crippen molar-refractivity contribution in [3.63, 3.8) is 0 Å². The first-order valence-electron chi connectivity index (χ1n) is 7.02. The predicted octanol–water partition coefficient (Wildman–Crippen LogP) is 3.71. The van der Waals surface area contributed by atoms with Crippen LogP contribution in [0.5, 0.6) is 0 Å². The Labute approximate surface area is 113 Å². The molecule has 19 heavy (non-hydrogen) atoms. The number of nitrogens with one attached hydrogen (secondary N) is 1. The molecule has 0 bridgehead atoms. The molecule has 1 aromatic carbocycles. The van der Waals surface area contributed by atoms with E-state index in [0.717, 1.165) is 25.7 Å². The van der Waals surface area contributed by atoms with Gasteiger partial charge >= 0.3 is 0 Å². The Balaban J connectivity index is 2.00. The van der Waals surface area contributed by atoms with E-state index < -0.39 is 5.82 Å². The highest BCUT2D eigenvalue weighted by Gasteiger charge is 2.20. The van der Waals surface area contributed by atoms with Crippen molar-refractivity contribution in [3.05, 3.63) is 24.0 Å². The van der Waals surface area contributed by atoms with Gasteiger partial charge in [-0.15, -0.1) is 0 Å². The zero-order valence-electron chi connectivity index (χ0n) is 11.1. The van der Waals surface area contributed by atoms with Gasteiger partial charge in [0.25, 0.3) is 0 Å². The van der Waals surface area contributed by atoms with E-state index in [2.05, 4.69) is 5.32 Å². The molecule has 0 aromatic heterocycles. The summed E-state index contributed by atoms with van der Waals surface area (Å²) in [5.74, 6) is -0.513. The van der Waals surface area contributed by atoms with E-state index in [1.54, 1.807) is 0 Å². The molecule has 0 spiro atoms. The molecule has 0 aliphatic heterocycles. The van der Waals surface area contributed by atoms with Gasteiger partial charge in [0.05, 0.1) is 5.69 Å². The third-order valence-electron chi connectivity index (χ3n) is 3.72. The predicted molar refractivity (Wildman–Crippen MR) is 75.3 cm³/mol. The summed E-state index contributed by atoms with van der Waals surface area (Å²) >= 11 is 0. The Hall–Kier alpha value is -1.58. The summed E-state index contributed by atoms with van der Waals surface area (Å²) in [6.45, 7) is 0. The number of nitrogens with two attached hydrogens (primary N) is 1. The highest BCUT2D eigenvalue weighted by atomic mass is 19.1. The van der Waals surface area contributed by atoms with Gasteiger partial charge in [-0.2, -0.15) is 0 Å². The maximum absolute atomic E-state index is 13.6. The van der Waals surface area contributed by atoms with Crippen LogP contribution in [0, 0.1) is 11.7 Å². The number of rotatable bonds is 2. The normalized spacial score (nSPS) is 17.5. The summed E-state index contributed by atoms with van der Waals surface area (Å²) in [5.41, 5.74) is 6.25. The summed E-state index contributed by atoms with van der Waals surface area (Å²) in [7, 11) is 0. The van der Waals surface area contributed by atoms with Gasteiger partial charge in [0.15, 0.2) is 0 Å². The molecule has 104 valence electrons. The van der Waals surface area contributed by atoms with Crippen LogP contribution < -0.4 is 11.1 Å². The van der Waals surface area contributed by atoms with Gasteiger partial charge in [0, 0.05) is 11.6 Å². The summed E-state index contributed by atoms with van der Waals surface area (Å²) in [6, 6.07) is 4.24. The van der Waals surface area contributed by atoms with Gasteiger partial charge in [0.1, 0.15) is 5.82 Å². The van der Waals surface area contributed by atoms with Crippen LogP contribution in [0.2, 0.25) is 0 Å². The van der Waals surface area contributed by atoms with Crippen LogP contribution in [0.3, 0.4) is 0 Å². The minimum Gasteiger partial charge on any atom is -0.399 e. The first-order chi connectivity index (χ1) is 9.16. The molecule has 3 N–H and O–H groups in total. The third kappa shape index (κ3) is 3.94. The van der Waals surface area contributed by atoms with Crippen LogP contribution in [0.15, 0.2) is 18.2 Å². The van der Waals surface area contributed by atoms with Crippen LogP contribution in [-0.4, -0.2) is 5.91 Å². The van der Waals surface area contributed by atoms with Crippen LogP contribution in [0.4, 0.5) is 15.8 Å². The smallest absolute Gasteiger partial charge is 0.227 e. The van der Waals surface area contributed by atoms with Gasteiger partial charge < -0.3 is 11.1 Å². The van der Waals surface area contributed by atoms with Crippen molar-refractivity contribution in [1.82, 2.24) is 0 Å². The van der Waals surface area contributed by atoms with Crippen molar-refractivity contribution < 1.29 is 9.18 Å². The fourth-order valence-corrected chi connectivity index (χ4v) is 2.59. The average molecular weight is 264 g/mol. The van der Waals surface area contributed by atoms with E-state index >= 15 is 0 Å². The highest BCUT2D eigenvalue weighted by molar-refractivity contribution is 5.93. The summed E-state index contributed by atoms with van der Waals surface area (Å²) in [5, 5.41) is 2.67. The highest BCUT2D eigenvalue weighted by Crippen LogP contribution is 2.25. The molecule has 0 unspecified atom stereocenters. The number of hydrogen-bond donors (Lipinski definition) is 2. The quantitative estimate of drug-likeness (QED) is 0.800. The Bertz CT molecular complexity index is 440. The summed E-state index contributed by atoms with van der Waals surface area (Å²) in [6.07, 6.45) is 7.60. The van der Waals surface area contributed by atoms with E-state index in [1.165, 1.54) is 37.5 Å². The maximum Gasteiger partial charge on any atom is 0.227 e. The molecule has 0 atom stereocenters. The Morgan fingerprint density at radius 1 is 1.16 bits per heavy atom. The van der Waals surface area contributed by atoms with Gasteiger partial charge in [-0.05, 0) is 31.0 Å². The number of anilines is 2. The summed E-state index contributed by atoms with van der Waals surface area (Å²) < 4.78 is 13.6. The van der Waals surface area contributed by atoms with Crippen molar-refractivity contribution in [1.29, 1.82) is 0 Å². The number of halogens is 1. The first kappa shape index (κ1) is 13.8. The van der Waals surface area contributed by atoms with E-state index in [-0.39, 0.29) is 17.5 Å². The summed E-state index contributed by atoms with van der Waals surface area (Å²) in [4.78, 5) is 12.2. The van der Waals surface area contributed by atoms with Crippen molar-refractivity contribution in [3.8, 4) is 0 Å². The number of amides is 1. The van der Waals surface area contributed by atoms with E-state index in [0.29, 0.717) is 5.69 Å². The molecule has 1 saturated carbocycles. The molecular weight excluding hydrogens is 243 g/mol. The van der Waals surface area contributed by atoms with Crippen LogP contribution in [0.1, 0.15) is 44.9 Å². The lowest BCUT2D eigenvalue weighted by Gasteiger charge is -2.19. The zero-order chi connectivity index (χ0) is 13.7. The number of hydrogen-bond acceptors (Lipinski definition) is 2. The minimum absolute atomic E-state index is 0.00105. The molecule has 2 rings (SSSR count). The van der Waals surface area contributed by atoms with Crippen molar-refractivity contribution in [2.24, 2.45) is 5.92 Å². The van der Waals surface area contributed by atoms with Crippen molar-refractivity contribution in [2.45, 2.75) is 44.9 Å². The van der Waals surface area contributed by atoms with Gasteiger partial charge in [-0.1, -0.05) is 32.1 Å². The van der Waals surface area contributed by atoms with E-state index in [4.69, 9.17) is 5.73 Å². The molecule has 0 heterocycles. The van der Waals surface area contributed by atoms with E-state index in [1.807, 2.05) is 0 Å². The van der Waals surface area contributed by atoms with Gasteiger partial charge in [-0.25, -0.2) is 4.39 Å². The third-order valence-corrected chi connectivity index (χ3v) is 3.72. The number of carbonyl (C=O) groups is 1. The lowest BCUT2D eigenvalue weighted by molar-refractivity contribution is -0.120. The van der Waals surface area contributed by atoms with Crippen LogP contribution in [-0.2, 0) is 4.79 Å². The second kappa shape index (κ2) is 6.55. The molecule has 1 aliphatic rings. The Morgan fingerprint density at radius 2 is 1.79 bits per heavy atom. The van der Waals surface area contributed by atoms with Gasteiger partial charge in [0.2, 0.25) is 5.91 Å². The monoisotopic (exact) mass is 264 g/mol. The first-order valence-corrected chi connectivity index (χ1v) is 7.02. The maximum atomic E-state index is 13.6. The Morgan fingerprint density at radius 3 is 2.47 bits per heavy atom. The molecule has 4 heteroatoms. The lowest BCUT2D eigenvalue weighted by atomic mass is 9.90. The second-order valence-corrected chi connectivity index (χ2v) is 5.27. The molecule has 1 amide bonds. The molecule has 0 saturated heterocycles. The van der Waals surface area contributed by atoms with Crippen molar-refractivity contribution >= 4 is 17.3 Å². The zero-order valence-corrected chi connectivity index (χ0v) is 11.1. The van der Waals surface area contributed by atoms with E-state index in [9.17, 15) is 9.18 Å². The second-order valence-electron chi connectivity index (χ2n) is 5.27. The SMILES string of the molecule is Nc1ccc(F)c(NC(=O)C2CCCCCCC2)c1. The van der Waals surface area contributed by atoms with Crippen LogP contribution in [0.25, 0.3) is 0 Å². The topological polar surface area (TPSA) is 55.1 Å². The van der Waals surface area contributed by atoms with Crippen LogP contribution >= 0.6 is 0 Å². The average Bonchev–Trinajstić information content (AvgIpc) is 2.33. The standard InChI is InChI=1S/C15H21FN2O/c16-13-9-8-12(17)10-14(13)18-15(19)11-6-4-2-1-3-5-7-11/h8-11H,1-7,17H2,(H,18,19). The lowest BCUT2D eigenvalue weighted by Crippen LogP contribution is -2.24. The Kier molecular flexibility index (Phi) is 4.77. The van der Waals surface area contributed by atoms with Crippen molar-refractivity contribution in [2.75, 3.05) is 11.1 Å². The molecule has 0 radical (unpaired) electrons. The number of nitrogen functional groups attached to an aromatic ring is 1. The molecular formula is C15H21FN2O. The molecule has 1 aromatic rings. The molecule has 3 nitrogen and oxygen atoms in total. The number of carbonyl (C=O) groups excluding carboxylic acids is 1. The molecule has 1 aliphatic carbocycles. The fraction of sp³-hybridized carbons (Fsp3) is 0.533.